The molecule has 0 atom stereocenters. The van der Waals surface area contributed by atoms with Crippen LogP contribution >= 0.6 is 35.3 Å². The number of benzene rings is 1. The van der Waals surface area contributed by atoms with Crippen LogP contribution in [0.2, 0.25) is 0 Å². The smallest absolute Gasteiger partial charge is 0.193 e. The van der Waals surface area contributed by atoms with E-state index in [4.69, 9.17) is 9.47 Å². The van der Waals surface area contributed by atoms with Crippen molar-refractivity contribution in [1.82, 2.24) is 15.2 Å². The van der Waals surface area contributed by atoms with E-state index in [1.165, 1.54) is 10.6 Å². The van der Waals surface area contributed by atoms with Gasteiger partial charge in [0.15, 0.2) is 17.5 Å². The molecule has 0 radical (unpaired) electrons. The van der Waals surface area contributed by atoms with Crippen molar-refractivity contribution < 1.29 is 9.47 Å². The van der Waals surface area contributed by atoms with Crippen LogP contribution in [0.1, 0.15) is 23.2 Å². The van der Waals surface area contributed by atoms with Gasteiger partial charge in [-0.05, 0) is 30.5 Å². The van der Waals surface area contributed by atoms with Gasteiger partial charge in [0.1, 0.15) is 0 Å². The molecule has 2 aromatic rings. The SMILES string of the molecule is CCc1nc(CCNC(=NC)N(C)CCc2ccc(OC)c(OC)c2)cs1.I. The first kappa shape index (κ1) is 24.5. The number of guanidine groups is 1. The fourth-order valence-electron chi connectivity index (χ4n) is 2.75. The highest BCUT2D eigenvalue weighted by Crippen LogP contribution is 2.27. The van der Waals surface area contributed by atoms with E-state index in [0.717, 1.165) is 55.5 Å². The summed E-state index contributed by atoms with van der Waals surface area (Å²) in [5.74, 6) is 2.40. The van der Waals surface area contributed by atoms with Gasteiger partial charge in [-0.25, -0.2) is 4.98 Å². The third-order valence-electron chi connectivity index (χ3n) is 4.32. The lowest BCUT2D eigenvalue weighted by molar-refractivity contribution is 0.354. The Balaban J connectivity index is 0.00000392. The topological polar surface area (TPSA) is 59.0 Å². The number of thiazole rings is 1. The lowest BCUT2D eigenvalue weighted by Gasteiger charge is -2.22. The van der Waals surface area contributed by atoms with Crippen LogP contribution in [-0.4, -0.2) is 57.2 Å². The number of ether oxygens (including phenoxy) is 2. The van der Waals surface area contributed by atoms with Crippen molar-refractivity contribution in [3.63, 3.8) is 0 Å². The maximum atomic E-state index is 5.38. The van der Waals surface area contributed by atoms with Gasteiger partial charge in [0.05, 0.1) is 24.9 Å². The van der Waals surface area contributed by atoms with Gasteiger partial charge in [-0.3, -0.25) is 4.99 Å². The minimum Gasteiger partial charge on any atom is -0.493 e. The van der Waals surface area contributed by atoms with Crippen LogP contribution in [0.4, 0.5) is 0 Å². The van der Waals surface area contributed by atoms with Crippen LogP contribution in [0.15, 0.2) is 28.6 Å². The summed E-state index contributed by atoms with van der Waals surface area (Å²) in [6, 6.07) is 6.04. The molecule has 0 spiro atoms. The van der Waals surface area contributed by atoms with E-state index in [1.807, 2.05) is 26.2 Å². The van der Waals surface area contributed by atoms with Gasteiger partial charge in [0.25, 0.3) is 0 Å². The highest BCUT2D eigenvalue weighted by atomic mass is 127. The van der Waals surface area contributed by atoms with Gasteiger partial charge >= 0.3 is 0 Å². The number of halogens is 1. The molecular weight excluding hydrogens is 487 g/mol. The summed E-state index contributed by atoms with van der Waals surface area (Å²) < 4.78 is 10.7. The normalized spacial score (nSPS) is 11.0. The molecule has 0 saturated heterocycles. The molecule has 0 aliphatic heterocycles. The van der Waals surface area contributed by atoms with Gasteiger partial charge in [0.2, 0.25) is 0 Å². The van der Waals surface area contributed by atoms with E-state index in [2.05, 4.69) is 38.6 Å². The second kappa shape index (κ2) is 12.8. The molecule has 0 aliphatic carbocycles. The van der Waals surface area contributed by atoms with Crippen molar-refractivity contribution in [2.75, 3.05) is 41.4 Å². The number of nitrogens with zero attached hydrogens (tertiary/aromatic N) is 3. The zero-order valence-corrected chi connectivity index (χ0v) is 20.5. The summed E-state index contributed by atoms with van der Waals surface area (Å²) in [6.07, 6.45) is 2.79. The minimum absolute atomic E-state index is 0. The van der Waals surface area contributed by atoms with Crippen molar-refractivity contribution in [2.24, 2.45) is 4.99 Å². The van der Waals surface area contributed by atoms with E-state index in [-0.39, 0.29) is 24.0 Å². The lowest BCUT2D eigenvalue weighted by Crippen LogP contribution is -2.40. The number of aromatic nitrogens is 1. The fraction of sp³-hybridized carbons (Fsp3) is 0.500. The van der Waals surface area contributed by atoms with Crippen LogP contribution in [0.5, 0.6) is 11.5 Å². The lowest BCUT2D eigenvalue weighted by atomic mass is 10.1. The predicted octanol–water partition coefficient (Wildman–Crippen LogP) is 3.63. The summed E-state index contributed by atoms with van der Waals surface area (Å²) >= 11 is 1.73. The third kappa shape index (κ3) is 7.12. The predicted molar refractivity (Wildman–Crippen MR) is 128 cm³/mol. The molecule has 2 rings (SSSR count). The van der Waals surface area contributed by atoms with Crippen LogP contribution in [-0.2, 0) is 19.3 Å². The number of methoxy groups -OCH3 is 2. The van der Waals surface area contributed by atoms with Crippen LogP contribution in [0.25, 0.3) is 0 Å². The number of likely N-dealkylation sites (N-methyl/N-ethyl adjacent to an activating group) is 1. The molecule has 0 aliphatic rings. The molecule has 1 aromatic heterocycles. The van der Waals surface area contributed by atoms with Crippen LogP contribution in [0.3, 0.4) is 0 Å². The summed E-state index contributed by atoms with van der Waals surface area (Å²) in [6.45, 7) is 3.81. The standard InChI is InChI=1S/C20H30N4O2S.HI/c1-6-19-23-16(14-27-19)9-11-22-20(21-2)24(3)12-10-15-7-8-17(25-4)18(13-15)26-5;/h7-8,13-14H,6,9-12H2,1-5H3,(H,21,22);1H. The Morgan fingerprint density at radius 1 is 1.21 bits per heavy atom. The number of aliphatic imine (C=N–C) groups is 1. The molecule has 1 aromatic carbocycles. The quantitative estimate of drug-likeness (QED) is 0.312. The second-order valence-corrected chi connectivity index (χ2v) is 7.11. The van der Waals surface area contributed by atoms with E-state index in [0.29, 0.717) is 0 Å². The van der Waals surface area contributed by atoms with Crippen LogP contribution in [0, 0.1) is 0 Å². The van der Waals surface area contributed by atoms with Gasteiger partial charge in [0, 0.05) is 39.0 Å². The number of aryl methyl sites for hydroxylation is 1. The molecule has 1 N–H and O–H groups in total. The minimum atomic E-state index is 0. The average molecular weight is 518 g/mol. The molecule has 156 valence electrons. The molecule has 28 heavy (non-hydrogen) atoms. The fourth-order valence-corrected chi connectivity index (χ4v) is 3.53. The highest BCUT2D eigenvalue weighted by molar-refractivity contribution is 14.0. The second-order valence-electron chi connectivity index (χ2n) is 6.17. The first-order valence-electron chi connectivity index (χ1n) is 9.17. The molecule has 0 saturated carbocycles. The Hall–Kier alpha value is -1.55. The highest BCUT2D eigenvalue weighted by Gasteiger charge is 2.09. The molecule has 8 heteroatoms. The van der Waals surface area contributed by atoms with Crippen molar-refractivity contribution >= 4 is 41.3 Å². The zero-order chi connectivity index (χ0) is 19.6. The Morgan fingerprint density at radius 3 is 2.57 bits per heavy atom. The Morgan fingerprint density at radius 2 is 1.96 bits per heavy atom. The van der Waals surface area contributed by atoms with E-state index >= 15 is 0 Å². The van der Waals surface area contributed by atoms with Crippen LogP contribution < -0.4 is 14.8 Å². The Labute approximate surface area is 189 Å². The van der Waals surface area contributed by atoms with Crippen molar-refractivity contribution in [3.8, 4) is 11.5 Å². The van der Waals surface area contributed by atoms with Crippen molar-refractivity contribution in [1.29, 1.82) is 0 Å². The molecule has 0 fully saturated rings. The van der Waals surface area contributed by atoms with Crippen molar-refractivity contribution in [2.45, 2.75) is 26.2 Å². The maximum Gasteiger partial charge on any atom is 0.193 e. The number of hydrogen-bond donors (Lipinski definition) is 1. The Bertz CT molecular complexity index is 752. The summed E-state index contributed by atoms with van der Waals surface area (Å²) in [7, 11) is 7.17. The third-order valence-corrected chi connectivity index (χ3v) is 5.37. The van der Waals surface area contributed by atoms with Gasteiger partial charge in [-0.1, -0.05) is 13.0 Å². The molecule has 0 bridgehead atoms. The first-order valence-corrected chi connectivity index (χ1v) is 10.0. The van der Waals surface area contributed by atoms with E-state index in [1.54, 1.807) is 25.6 Å². The van der Waals surface area contributed by atoms with E-state index < -0.39 is 0 Å². The number of nitrogens with one attached hydrogen (secondary N) is 1. The molecular formula is C20H31IN4O2S. The summed E-state index contributed by atoms with van der Waals surface area (Å²) in [5.41, 5.74) is 2.34. The van der Waals surface area contributed by atoms with Crippen molar-refractivity contribution in [3.05, 3.63) is 39.8 Å². The maximum absolute atomic E-state index is 5.38. The first-order chi connectivity index (χ1) is 13.1. The van der Waals surface area contributed by atoms with Gasteiger partial charge < -0.3 is 19.7 Å². The zero-order valence-electron chi connectivity index (χ0n) is 17.3. The molecule has 0 amide bonds. The molecule has 1 heterocycles. The van der Waals surface area contributed by atoms with E-state index in [9.17, 15) is 0 Å². The summed E-state index contributed by atoms with van der Waals surface area (Å²) in [5, 5.41) is 6.76. The average Bonchev–Trinajstić information content (AvgIpc) is 3.17. The summed E-state index contributed by atoms with van der Waals surface area (Å²) in [4.78, 5) is 11.1. The van der Waals surface area contributed by atoms with Gasteiger partial charge in [-0.2, -0.15) is 0 Å². The number of rotatable bonds is 9. The Kier molecular flexibility index (Phi) is 11.2. The largest absolute Gasteiger partial charge is 0.493 e. The molecule has 6 nitrogen and oxygen atoms in total. The number of hydrogen-bond acceptors (Lipinski definition) is 5. The monoisotopic (exact) mass is 518 g/mol. The molecule has 0 unspecified atom stereocenters. The van der Waals surface area contributed by atoms with Gasteiger partial charge in [-0.15, -0.1) is 35.3 Å².